The lowest BCUT2D eigenvalue weighted by Gasteiger charge is -2.05. The maximum absolute atomic E-state index is 13.4. The predicted octanol–water partition coefficient (Wildman–Crippen LogP) is 3.39. The molecule has 0 bridgehead atoms. The van der Waals surface area contributed by atoms with Gasteiger partial charge in [0, 0.05) is 12.8 Å². The number of thiazole rings is 1. The number of ether oxygens (including phenoxy) is 1. The van der Waals surface area contributed by atoms with E-state index in [9.17, 15) is 18.0 Å². The number of hydrogen-bond acceptors (Lipinski definition) is 5. The van der Waals surface area contributed by atoms with Crippen molar-refractivity contribution in [1.29, 1.82) is 0 Å². The summed E-state index contributed by atoms with van der Waals surface area (Å²) in [5.74, 6) is 0. The van der Waals surface area contributed by atoms with E-state index in [-0.39, 0.29) is 17.8 Å². The van der Waals surface area contributed by atoms with Gasteiger partial charge in [-0.2, -0.15) is 17.9 Å². The topological polar surface area (TPSA) is 72.3 Å². The molecule has 10 heteroatoms. The number of halogens is 3. The molecule has 3 heterocycles. The van der Waals surface area contributed by atoms with E-state index in [0.717, 1.165) is 39.8 Å². The number of aromatic nitrogens is 3. The molecular formula is C17H15F3N4O2S. The molecule has 2 aromatic heterocycles. The number of rotatable bonds is 4. The minimum atomic E-state index is -4.72. The number of aliphatic imine (C=N–C) groups is 1. The van der Waals surface area contributed by atoms with E-state index in [4.69, 9.17) is 4.74 Å². The number of nitrogens with one attached hydrogen (secondary N) is 1. The van der Waals surface area contributed by atoms with E-state index in [0.29, 0.717) is 12.1 Å². The normalized spacial score (nSPS) is 18.1. The maximum atomic E-state index is 13.4. The second-order valence-corrected chi connectivity index (χ2v) is 7.14. The molecule has 0 saturated carbocycles. The van der Waals surface area contributed by atoms with Crippen LogP contribution < -0.4 is 5.56 Å². The molecule has 142 valence electrons. The average molecular weight is 396 g/mol. The third-order valence-corrected chi connectivity index (χ3v) is 5.26. The largest absolute Gasteiger partial charge is 0.433 e. The van der Waals surface area contributed by atoms with Crippen LogP contribution >= 0.6 is 11.3 Å². The smallest absolute Gasteiger partial charge is 0.376 e. The van der Waals surface area contributed by atoms with Crippen molar-refractivity contribution < 1.29 is 17.9 Å². The molecule has 1 aromatic carbocycles. The molecule has 1 aliphatic rings. The van der Waals surface area contributed by atoms with Gasteiger partial charge in [0.25, 0.3) is 5.56 Å². The van der Waals surface area contributed by atoms with Crippen LogP contribution in [0, 0.1) is 0 Å². The average Bonchev–Trinajstić information content (AvgIpc) is 3.33. The Balaban J connectivity index is 1.73. The van der Waals surface area contributed by atoms with Crippen LogP contribution in [0.5, 0.6) is 0 Å². The first-order valence-electron chi connectivity index (χ1n) is 8.33. The van der Waals surface area contributed by atoms with Gasteiger partial charge in [0.05, 0.1) is 28.4 Å². The Labute approximate surface area is 155 Å². The quantitative estimate of drug-likeness (QED) is 0.687. The Morgan fingerprint density at radius 1 is 1.41 bits per heavy atom. The summed E-state index contributed by atoms with van der Waals surface area (Å²) in [6.45, 7) is 0.853. The van der Waals surface area contributed by atoms with Gasteiger partial charge in [0.2, 0.25) is 5.13 Å². The van der Waals surface area contributed by atoms with Gasteiger partial charge in [-0.05, 0) is 25.0 Å². The third-order valence-electron chi connectivity index (χ3n) is 4.24. The van der Waals surface area contributed by atoms with E-state index < -0.39 is 23.0 Å². The van der Waals surface area contributed by atoms with Crippen LogP contribution in [0.3, 0.4) is 0 Å². The minimum Gasteiger partial charge on any atom is -0.376 e. The van der Waals surface area contributed by atoms with Gasteiger partial charge in [-0.3, -0.25) is 14.9 Å². The molecule has 3 aromatic rings. The first-order valence-corrected chi connectivity index (χ1v) is 9.15. The lowest BCUT2D eigenvalue weighted by atomic mass is 10.2. The molecule has 4 rings (SSSR count). The highest BCUT2D eigenvalue weighted by atomic mass is 32.1. The van der Waals surface area contributed by atoms with Crippen molar-refractivity contribution in [3.63, 3.8) is 0 Å². The SMILES string of the molecule is O=c1c(C=NCC2CCCO2)c(C(F)(F)F)[nH]n1-c1nc2ccccc2s1. The first-order chi connectivity index (χ1) is 12.9. The fourth-order valence-corrected chi connectivity index (χ4v) is 3.85. The van der Waals surface area contributed by atoms with E-state index >= 15 is 0 Å². The zero-order valence-electron chi connectivity index (χ0n) is 14.0. The maximum Gasteiger partial charge on any atom is 0.433 e. The standard InChI is InChI=1S/C17H15F3N4O2S/c18-17(19,20)14-11(9-21-8-10-4-3-7-26-10)15(25)24(23-14)16-22-12-5-1-2-6-13(12)27-16/h1-2,5-6,9-10,23H,3-4,7-8H2. The Morgan fingerprint density at radius 3 is 2.93 bits per heavy atom. The number of para-hydroxylation sites is 1. The molecule has 0 amide bonds. The summed E-state index contributed by atoms with van der Waals surface area (Å²) < 4.78 is 47.2. The number of alkyl halides is 3. The van der Waals surface area contributed by atoms with Crippen LogP contribution in [-0.2, 0) is 10.9 Å². The monoisotopic (exact) mass is 396 g/mol. The summed E-state index contributed by atoms with van der Waals surface area (Å²) in [6.07, 6.45) is -2.13. The second-order valence-electron chi connectivity index (χ2n) is 6.13. The zero-order chi connectivity index (χ0) is 19.0. The molecule has 27 heavy (non-hydrogen) atoms. The highest BCUT2D eigenvalue weighted by Gasteiger charge is 2.38. The summed E-state index contributed by atoms with van der Waals surface area (Å²) in [6, 6.07) is 7.09. The lowest BCUT2D eigenvalue weighted by molar-refractivity contribution is -0.141. The van der Waals surface area contributed by atoms with Crippen LogP contribution in [0.2, 0.25) is 0 Å². The van der Waals surface area contributed by atoms with Crippen molar-refractivity contribution in [2.45, 2.75) is 25.1 Å². The summed E-state index contributed by atoms with van der Waals surface area (Å²) in [4.78, 5) is 20.9. The third kappa shape index (κ3) is 3.54. The van der Waals surface area contributed by atoms with Gasteiger partial charge in [0.15, 0.2) is 5.69 Å². The van der Waals surface area contributed by atoms with Crippen LogP contribution in [0.25, 0.3) is 15.3 Å². The van der Waals surface area contributed by atoms with Crippen LogP contribution in [0.15, 0.2) is 34.1 Å². The molecule has 1 aliphatic heterocycles. The van der Waals surface area contributed by atoms with E-state index in [2.05, 4.69) is 15.1 Å². The molecule has 0 radical (unpaired) electrons. The van der Waals surface area contributed by atoms with Crippen molar-refractivity contribution in [3.8, 4) is 5.13 Å². The van der Waals surface area contributed by atoms with Gasteiger partial charge in [0.1, 0.15) is 0 Å². The van der Waals surface area contributed by atoms with Crippen molar-refractivity contribution in [3.05, 3.63) is 45.9 Å². The van der Waals surface area contributed by atoms with Crippen LogP contribution in [-0.4, -0.2) is 40.2 Å². The summed E-state index contributed by atoms with van der Waals surface area (Å²) >= 11 is 1.13. The molecule has 1 N–H and O–H groups in total. The molecule has 6 nitrogen and oxygen atoms in total. The highest BCUT2D eigenvalue weighted by Crippen LogP contribution is 2.30. The number of fused-ring (bicyclic) bond motifs is 1. The lowest BCUT2D eigenvalue weighted by Crippen LogP contribution is -2.18. The minimum absolute atomic E-state index is 0.110. The molecule has 0 spiro atoms. The van der Waals surface area contributed by atoms with Crippen molar-refractivity contribution in [2.75, 3.05) is 13.2 Å². The summed E-state index contributed by atoms with van der Waals surface area (Å²) in [7, 11) is 0. The first kappa shape index (κ1) is 17.9. The van der Waals surface area contributed by atoms with Gasteiger partial charge in [-0.1, -0.05) is 23.5 Å². The van der Waals surface area contributed by atoms with Gasteiger partial charge < -0.3 is 4.74 Å². The molecule has 1 atom stereocenters. The summed E-state index contributed by atoms with van der Waals surface area (Å²) in [5, 5.41) is 2.29. The van der Waals surface area contributed by atoms with Gasteiger partial charge >= 0.3 is 6.18 Å². The predicted molar refractivity (Wildman–Crippen MR) is 96.0 cm³/mol. The van der Waals surface area contributed by atoms with E-state index in [1.807, 2.05) is 0 Å². The van der Waals surface area contributed by atoms with Crippen molar-refractivity contribution >= 4 is 27.8 Å². The van der Waals surface area contributed by atoms with Crippen LogP contribution in [0.4, 0.5) is 13.2 Å². The Morgan fingerprint density at radius 2 is 2.22 bits per heavy atom. The molecular weight excluding hydrogens is 381 g/mol. The molecule has 0 aliphatic carbocycles. The fourth-order valence-electron chi connectivity index (χ4n) is 2.93. The van der Waals surface area contributed by atoms with Crippen molar-refractivity contribution in [1.82, 2.24) is 14.8 Å². The van der Waals surface area contributed by atoms with E-state index in [1.54, 1.807) is 24.3 Å². The number of aromatic amines is 1. The summed E-state index contributed by atoms with van der Waals surface area (Å²) in [5.41, 5.74) is -1.89. The van der Waals surface area contributed by atoms with Crippen LogP contribution in [0.1, 0.15) is 24.1 Å². The Kier molecular flexibility index (Phi) is 4.60. The molecule has 1 unspecified atom stereocenters. The number of nitrogens with zero attached hydrogens (tertiary/aromatic N) is 3. The van der Waals surface area contributed by atoms with Gasteiger partial charge in [-0.15, -0.1) is 0 Å². The second kappa shape index (κ2) is 6.93. The zero-order valence-corrected chi connectivity index (χ0v) is 14.8. The van der Waals surface area contributed by atoms with E-state index in [1.165, 1.54) is 0 Å². The number of benzene rings is 1. The van der Waals surface area contributed by atoms with Gasteiger partial charge in [-0.25, -0.2) is 4.98 Å². The molecule has 1 saturated heterocycles. The highest BCUT2D eigenvalue weighted by molar-refractivity contribution is 7.20. The molecule has 1 fully saturated rings. The Hall–Kier alpha value is -2.46. The van der Waals surface area contributed by atoms with Crippen molar-refractivity contribution in [2.24, 2.45) is 4.99 Å². The number of hydrogen-bond donors (Lipinski definition) is 1. The fraction of sp³-hybridized carbons (Fsp3) is 0.353. The number of H-pyrrole nitrogens is 1. The Bertz CT molecular complexity index is 1010.